The van der Waals surface area contributed by atoms with Crippen LogP contribution in [-0.2, 0) is 6.54 Å². The van der Waals surface area contributed by atoms with Crippen LogP contribution in [-0.4, -0.2) is 17.5 Å². The predicted molar refractivity (Wildman–Crippen MR) is 62.3 cm³/mol. The van der Waals surface area contributed by atoms with Gasteiger partial charge >= 0.3 is 0 Å². The van der Waals surface area contributed by atoms with Crippen molar-refractivity contribution in [1.29, 1.82) is 0 Å². The van der Waals surface area contributed by atoms with Gasteiger partial charge in [-0.05, 0) is 32.9 Å². The monoisotopic (exact) mass is 191 g/mol. The maximum absolute atomic E-state index is 2.41. The van der Waals surface area contributed by atoms with Crippen LogP contribution in [0.4, 0.5) is 0 Å². The van der Waals surface area contributed by atoms with Crippen molar-refractivity contribution in [3.05, 3.63) is 35.9 Å². The Bertz CT molecular complexity index is 264. The molecule has 0 aliphatic heterocycles. The molecule has 1 rings (SSSR count). The summed E-state index contributed by atoms with van der Waals surface area (Å²) in [4.78, 5) is 2.41. The Balaban J connectivity index is 2.62. The number of benzene rings is 1. The molecule has 0 radical (unpaired) electrons. The van der Waals surface area contributed by atoms with E-state index in [1.54, 1.807) is 0 Å². The minimum atomic E-state index is 0.288. The van der Waals surface area contributed by atoms with Crippen molar-refractivity contribution >= 4 is 0 Å². The molecule has 0 saturated carbocycles. The molecule has 0 unspecified atom stereocenters. The van der Waals surface area contributed by atoms with Gasteiger partial charge in [-0.2, -0.15) is 0 Å². The lowest BCUT2D eigenvalue weighted by Gasteiger charge is -2.34. The molecule has 1 aromatic rings. The predicted octanol–water partition coefficient (Wildman–Crippen LogP) is 3.31. The van der Waals surface area contributed by atoms with Crippen molar-refractivity contribution in [2.24, 2.45) is 0 Å². The van der Waals surface area contributed by atoms with Gasteiger partial charge in [0.2, 0.25) is 0 Å². The number of hydrogen-bond donors (Lipinski definition) is 0. The fraction of sp³-hybridized carbons (Fsp3) is 0.538. The second-order valence-corrected chi connectivity index (χ2v) is 4.51. The second-order valence-electron chi connectivity index (χ2n) is 4.51. The van der Waals surface area contributed by atoms with Crippen molar-refractivity contribution < 1.29 is 0 Å². The van der Waals surface area contributed by atoms with Crippen LogP contribution in [0.25, 0.3) is 0 Å². The zero-order valence-electron chi connectivity index (χ0n) is 9.75. The Labute approximate surface area is 87.7 Å². The van der Waals surface area contributed by atoms with Crippen LogP contribution in [0.15, 0.2) is 30.3 Å². The van der Waals surface area contributed by atoms with E-state index in [4.69, 9.17) is 0 Å². The van der Waals surface area contributed by atoms with Crippen LogP contribution >= 0.6 is 0 Å². The van der Waals surface area contributed by atoms with Crippen molar-refractivity contribution in [3.8, 4) is 0 Å². The molecule has 1 heteroatoms. The highest BCUT2D eigenvalue weighted by molar-refractivity contribution is 5.14. The Hall–Kier alpha value is -0.820. The van der Waals surface area contributed by atoms with E-state index in [2.05, 4.69) is 63.1 Å². The normalized spacial score (nSPS) is 12.1. The standard InChI is InChI=1S/C13H21N/c1-5-13(2,3)14(4)11-12-9-7-6-8-10-12/h6-10H,5,11H2,1-4H3. The highest BCUT2D eigenvalue weighted by Gasteiger charge is 2.20. The van der Waals surface area contributed by atoms with Gasteiger partial charge < -0.3 is 0 Å². The molecule has 0 atom stereocenters. The van der Waals surface area contributed by atoms with Gasteiger partial charge in [-0.3, -0.25) is 4.90 Å². The van der Waals surface area contributed by atoms with Gasteiger partial charge in [0.25, 0.3) is 0 Å². The molecule has 1 nitrogen and oxygen atoms in total. The van der Waals surface area contributed by atoms with E-state index in [0.29, 0.717) is 0 Å². The molecule has 0 spiro atoms. The molecule has 0 heterocycles. The van der Waals surface area contributed by atoms with Gasteiger partial charge in [0.1, 0.15) is 0 Å². The SMILES string of the molecule is CCC(C)(C)N(C)Cc1ccccc1. The van der Waals surface area contributed by atoms with Crippen molar-refractivity contribution in [2.45, 2.75) is 39.3 Å². The fourth-order valence-electron chi connectivity index (χ4n) is 1.34. The molecular weight excluding hydrogens is 170 g/mol. The molecular formula is C13H21N. The topological polar surface area (TPSA) is 3.24 Å². The molecule has 0 aliphatic carbocycles. The summed E-state index contributed by atoms with van der Waals surface area (Å²) in [7, 11) is 2.19. The van der Waals surface area contributed by atoms with Crippen LogP contribution in [0.1, 0.15) is 32.8 Å². The van der Waals surface area contributed by atoms with Crippen LogP contribution in [0.3, 0.4) is 0 Å². The van der Waals surface area contributed by atoms with Gasteiger partial charge in [-0.15, -0.1) is 0 Å². The summed E-state index contributed by atoms with van der Waals surface area (Å²) in [5.41, 5.74) is 1.67. The summed E-state index contributed by atoms with van der Waals surface area (Å²) >= 11 is 0. The summed E-state index contributed by atoms with van der Waals surface area (Å²) < 4.78 is 0. The van der Waals surface area contributed by atoms with Crippen LogP contribution in [0, 0.1) is 0 Å². The smallest absolute Gasteiger partial charge is 0.0235 e. The molecule has 0 saturated heterocycles. The first-order valence-corrected chi connectivity index (χ1v) is 5.31. The van der Waals surface area contributed by atoms with E-state index >= 15 is 0 Å². The molecule has 14 heavy (non-hydrogen) atoms. The molecule has 0 bridgehead atoms. The van der Waals surface area contributed by atoms with Gasteiger partial charge in [0.05, 0.1) is 0 Å². The highest BCUT2D eigenvalue weighted by Crippen LogP contribution is 2.18. The third kappa shape index (κ3) is 2.85. The van der Waals surface area contributed by atoms with E-state index in [1.807, 2.05) is 0 Å². The third-order valence-corrected chi connectivity index (χ3v) is 3.16. The first-order valence-electron chi connectivity index (χ1n) is 5.31. The van der Waals surface area contributed by atoms with Crippen molar-refractivity contribution in [3.63, 3.8) is 0 Å². The van der Waals surface area contributed by atoms with Gasteiger partial charge in [-0.25, -0.2) is 0 Å². The zero-order chi connectivity index (χ0) is 10.6. The maximum atomic E-state index is 2.41. The Morgan fingerprint density at radius 3 is 2.21 bits per heavy atom. The van der Waals surface area contributed by atoms with E-state index in [1.165, 1.54) is 12.0 Å². The van der Waals surface area contributed by atoms with E-state index in [0.717, 1.165) is 6.54 Å². The van der Waals surface area contributed by atoms with Crippen molar-refractivity contribution in [1.82, 2.24) is 4.90 Å². The van der Waals surface area contributed by atoms with Crippen LogP contribution in [0.2, 0.25) is 0 Å². The van der Waals surface area contributed by atoms with Crippen LogP contribution < -0.4 is 0 Å². The van der Waals surface area contributed by atoms with Crippen molar-refractivity contribution in [2.75, 3.05) is 7.05 Å². The maximum Gasteiger partial charge on any atom is 0.0235 e. The largest absolute Gasteiger partial charge is 0.297 e. The van der Waals surface area contributed by atoms with E-state index < -0.39 is 0 Å². The lowest BCUT2D eigenvalue weighted by atomic mass is 9.99. The summed E-state index contributed by atoms with van der Waals surface area (Å²) in [6.45, 7) is 7.84. The fourth-order valence-corrected chi connectivity index (χ4v) is 1.34. The lowest BCUT2D eigenvalue weighted by Crippen LogP contribution is -2.39. The number of hydrogen-bond acceptors (Lipinski definition) is 1. The Morgan fingerprint density at radius 2 is 1.71 bits per heavy atom. The molecule has 0 fully saturated rings. The minimum absolute atomic E-state index is 0.288. The Morgan fingerprint density at radius 1 is 1.14 bits per heavy atom. The van der Waals surface area contributed by atoms with E-state index in [9.17, 15) is 0 Å². The highest BCUT2D eigenvalue weighted by atomic mass is 15.2. The quantitative estimate of drug-likeness (QED) is 0.705. The Kier molecular flexibility index (Phi) is 3.70. The summed E-state index contributed by atoms with van der Waals surface area (Å²) in [6, 6.07) is 10.6. The first-order chi connectivity index (χ1) is 6.56. The zero-order valence-corrected chi connectivity index (χ0v) is 9.75. The second kappa shape index (κ2) is 4.61. The molecule has 0 aliphatic rings. The van der Waals surface area contributed by atoms with Gasteiger partial charge in [-0.1, -0.05) is 37.3 Å². The summed E-state index contributed by atoms with van der Waals surface area (Å²) in [5.74, 6) is 0. The molecule has 1 aromatic carbocycles. The number of rotatable bonds is 4. The molecule has 78 valence electrons. The average molecular weight is 191 g/mol. The number of nitrogens with zero attached hydrogens (tertiary/aromatic N) is 1. The molecule has 0 amide bonds. The molecule has 0 N–H and O–H groups in total. The first kappa shape index (κ1) is 11.3. The minimum Gasteiger partial charge on any atom is -0.297 e. The molecule has 0 aromatic heterocycles. The third-order valence-electron chi connectivity index (χ3n) is 3.16. The van der Waals surface area contributed by atoms with Gasteiger partial charge in [0, 0.05) is 12.1 Å². The van der Waals surface area contributed by atoms with E-state index in [-0.39, 0.29) is 5.54 Å². The van der Waals surface area contributed by atoms with Gasteiger partial charge in [0.15, 0.2) is 0 Å². The summed E-state index contributed by atoms with van der Waals surface area (Å²) in [6.07, 6.45) is 1.18. The lowest BCUT2D eigenvalue weighted by molar-refractivity contribution is 0.143. The van der Waals surface area contributed by atoms with Crippen LogP contribution in [0.5, 0.6) is 0 Å². The average Bonchev–Trinajstić information content (AvgIpc) is 2.19. The summed E-state index contributed by atoms with van der Waals surface area (Å²) in [5, 5.41) is 0.